The molecule has 0 saturated carbocycles. The van der Waals surface area contributed by atoms with Crippen LogP contribution in [0.2, 0.25) is 0 Å². The van der Waals surface area contributed by atoms with E-state index >= 15 is 0 Å². The first-order valence-corrected chi connectivity index (χ1v) is 10.9. The fourth-order valence-electron chi connectivity index (χ4n) is 3.24. The van der Waals surface area contributed by atoms with Gasteiger partial charge in [0.15, 0.2) is 5.82 Å². The Balaban J connectivity index is 1.60. The van der Waals surface area contributed by atoms with E-state index in [2.05, 4.69) is 49.0 Å². The fourth-order valence-corrected chi connectivity index (χ4v) is 4.33. The van der Waals surface area contributed by atoms with Gasteiger partial charge < -0.3 is 9.64 Å². The van der Waals surface area contributed by atoms with Crippen LogP contribution < -0.4 is 4.90 Å². The second kappa shape index (κ2) is 8.16. The molecular formula is C22H27N5OS. The molecule has 6 nitrogen and oxygen atoms in total. The van der Waals surface area contributed by atoms with Crippen LogP contribution in [0.4, 0.5) is 5.82 Å². The van der Waals surface area contributed by atoms with Crippen molar-refractivity contribution in [1.82, 2.24) is 19.9 Å². The summed E-state index contributed by atoms with van der Waals surface area (Å²) in [6.45, 7) is 10.9. The quantitative estimate of drug-likeness (QED) is 0.635. The van der Waals surface area contributed by atoms with Crippen molar-refractivity contribution in [3.63, 3.8) is 0 Å². The summed E-state index contributed by atoms with van der Waals surface area (Å²) >= 11 is 1.69. The molecule has 3 aromatic rings. The third kappa shape index (κ3) is 4.46. The molecule has 1 aliphatic heterocycles. The van der Waals surface area contributed by atoms with Crippen LogP contribution in [0.5, 0.6) is 0 Å². The van der Waals surface area contributed by atoms with Gasteiger partial charge in [0, 0.05) is 47.1 Å². The molecule has 0 aromatic carbocycles. The van der Waals surface area contributed by atoms with Gasteiger partial charge in [0.25, 0.3) is 0 Å². The third-order valence-corrected chi connectivity index (χ3v) is 5.96. The predicted molar refractivity (Wildman–Crippen MR) is 116 cm³/mol. The molecule has 0 aliphatic carbocycles. The first kappa shape index (κ1) is 19.9. The van der Waals surface area contributed by atoms with Crippen LogP contribution in [-0.4, -0.2) is 39.6 Å². The summed E-state index contributed by atoms with van der Waals surface area (Å²) in [5.74, 6) is 1.69. The highest BCUT2D eigenvalue weighted by molar-refractivity contribution is 7.09. The average Bonchev–Trinajstić information content (AvgIpc) is 3.25. The van der Waals surface area contributed by atoms with E-state index in [0.29, 0.717) is 6.61 Å². The van der Waals surface area contributed by atoms with Crippen molar-refractivity contribution in [3.05, 3.63) is 52.4 Å². The van der Waals surface area contributed by atoms with Crippen molar-refractivity contribution < 1.29 is 4.74 Å². The highest BCUT2D eigenvalue weighted by atomic mass is 32.1. The van der Waals surface area contributed by atoms with E-state index in [0.717, 1.165) is 53.1 Å². The molecule has 0 spiro atoms. The number of nitrogens with zero attached hydrogens (tertiary/aromatic N) is 5. The zero-order valence-electron chi connectivity index (χ0n) is 17.4. The van der Waals surface area contributed by atoms with Crippen molar-refractivity contribution in [2.24, 2.45) is 0 Å². The Morgan fingerprint density at radius 2 is 1.97 bits per heavy atom. The van der Waals surface area contributed by atoms with Gasteiger partial charge in [0.05, 0.1) is 18.8 Å². The van der Waals surface area contributed by atoms with Crippen LogP contribution in [0.25, 0.3) is 11.4 Å². The second-order valence-corrected chi connectivity index (χ2v) is 9.15. The van der Waals surface area contributed by atoms with Gasteiger partial charge in [0.2, 0.25) is 0 Å². The lowest BCUT2D eigenvalue weighted by Gasteiger charge is -2.33. The predicted octanol–water partition coefficient (Wildman–Crippen LogP) is 4.43. The fraction of sp³-hybridized carbons (Fsp3) is 0.455. The van der Waals surface area contributed by atoms with Gasteiger partial charge in [-0.2, -0.15) is 0 Å². The number of hydrogen-bond acceptors (Lipinski definition) is 7. The number of aryl methyl sites for hydroxylation is 1. The molecule has 0 bridgehead atoms. The summed E-state index contributed by atoms with van der Waals surface area (Å²) in [6.07, 6.45) is 4.38. The molecule has 4 rings (SSSR count). The molecule has 1 fully saturated rings. The number of morpholine rings is 1. The van der Waals surface area contributed by atoms with Crippen LogP contribution >= 0.6 is 11.3 Å². The molecule has 0 radical (unpaired) electrons. The van der Waals surface area contributed by atoms with Crippen molar-refractivity contribution in [1.29, 1.82) is 0 Å². The van der Waals surface area contributed by atoms with Crippen LogP contribution in [0, 0.1) is 0 Å². The maximum atomic E-state index is 6.07. The Kier molecular flexibility index (Phi) is 5.61. The second-order valence-electron chi connectivity index (χ2n) is 8.26. The van der Waals surface area contributed by atoms with Crippen molar-refractivity contribution in [3.8, 4) is 11.4 Å². The lowest BCUT2D eigenvalue weighted by molar-refractivity contribution is 0.0392. The molecule has 0 N–H and O–H groups in total. The molecule has 152 valence electrons. The number of pyridine rings is 1. The molecule has 0 amide bonds. The minimum absolute atomic E-state index is 0.0331. The Labute approximate surface area is 176 Å². The van der Waals surface area contributed by atoms with Crippen molar-refractivity contribution in [2.45, 2.75) is 45.6 Å². The normalized spacial score (nSPS) is 17.5. The summed E-state index contributed by atoms with van der Waals surface area (Å²) < 4.78 is 6.07. The molecule has 1 atom stereocenters. The van der Waals surface area contributed by atoms with E-state index in [1.54, 1.807) is 23.7 Å². The minimum atomic E-state index is -0.0331. The van der Waals surface area contributed by atoms with Gasteiger partial charge in [-0.05, 0) is 18.6 Å². The van der Waals surface area contributed by atoms with Gasteiger partial charge in [-0.25, -0.2) is 15.0 Å². The SMILES string of the molecule is CCc1cc(N2CCO[C@H](c3nc(C(C)(C)C)cs3)C2)nc(-c2ccncc2)n1. The van der Waals surface area contributed by atoms with E-state index in [-0.39, 0.29) is 11.5 Å². The van der Waals surface area contributed by atoms with Gasteiger partial charge in [-0.15, -0.1) is 11.3 Å². The topological polar surface area (TPSA) is 64.0 Å². The number of rotatable bonds is 4. The molecular weight excluding hydrogens is 382 g/mol. The minimum Gasteiger partial charge on any atom is -0.367 e. The monoisotopic (exact) mass is 409 g/mol. The van der Waals surface area contributed by atoms with Crippen molar-refractivity contribution in [2.75, 3.05) is 24.6 Å². The van der Waals surface area contributed by atoms with Crippen LogP contribution in [0.1, 0.15) is 50.2 Å². The Morgan fingerprint density at radius 1 is 1.17 bits per heavy atom. The first-order chi connectivity index (χ1) is 13.9. The van der Waals surface area contributed by atoms with Gasteiger partial charge in [0.1, 0.15) is 16.9 Å². The lowest BCUT2D eigenvalue weighted by atomic mass is 9.93. The number of thiazole rings is 1. The van der Waals surface area contributed by atoms with Gasteiger partial charge >= 0.3 is 0 Å². The summed E-state index contributed by atoms with van der Waals surface area (Å²) in [6, 6.07) is 5.99. The lowest BCUT2D eigenvalue weighted by Crippen LogP contribution is -2.39. The zero-order valence-corrected chi connectivity index (χ0v) is 18.2. The van der Waals surface area contributed by atoms with Crippen LogP contribution in [0.3, 0.4) is 0 Å². The Hall–Kier alpha value is -2.38. The van der Waals surface area contributed by atoms with E-state index in [4.69, 9.17) is 19.7 Å². The van der Waals surface area contributed by atoms with E-state index in [1.165, 1.54) is 0 Å². The molecule has 0 unspecified atom stereocenters. The molecule has 29 heavy (non-hydrogen) atoms. The maximum absolute atomic E-state index is 6.07. The van der Waals surface area contributed by atoms with Crippen molar-refractivity contribution >= 4 is 17.2 Å². The molecule has 3 aromatic heterocycles. The Bertz CT molecular complexity index is 967. The highest BCUT2D eigenvalue weighted by Gasteiger charge is 2.27. The number of anilines is 1. The van der Waals surface area contributed by atoms with E-state index in [9.17, 15) is 0 Å². The maximum Gasteiger partial charge on any atom is 0.161 e. The average molecular weight is 410 g/mol. The van der Waals surface area contributed by atoms with Crippen LogP contribution in [-0.2, 0) is 16.6 Å². The first-order valence-electron chi connectivity index (χ1n) is 10.0. The molecule has 1 saturated heterocycles. The standard InChI is InChI=1S/C22H27N5OS/c1-5-16-12-19(26-20(24-16)15-6-8-23-9-7-15)27-10-11-28-17(13-27)21-25-18(14-29-21)22(2,3)4/h6-9,12,14,17H,5,10-11,13H2,1-4H3/t17-/m0/s1. The molecule has 7 heteroatoms. The molecule has 4 heterocycles. The highest BCUT2D eigenvalue weighted by Crippen LogP contribution is 2.31. The third-order valence-electron chi connectivity index (χ3n) is 5.02. The Morgan fingerprint density at radius 3 is 2.66 bits per heavy atom. The summed E-state index contributed by atoms with van der Waals surface area (Å²) in [7, 11) is 0. The number of hydrogen-bond donors (Lipinski definition) is 0. The number of ether oxygens (including phenoxy) is 1. The van der Waals surface area contributed by atoms with E-state index < -0.39 is 0 Å². The zero-order chi connectivity index (χ0) is 20.4. The van der Waals surface area contributed by atoms with Gasteiger partial charge in [-0.1, -0.05) is 27.7 Å². The smallest absolute Gasteiger partial charge is 0.161 e. The van der Waals surface area contributed by atoms with Crippen LogP contribution in [0.15, 0.2) is 36.0 Å². The van der Waals surface area contributed by atoms with Gasteiger partial charge in [-0.3, -0.25) is 4.98 Å². The largest absolute Gasteiger partial charge is 0.367 e. The summed E-state index contributed by atoms with van der Waals surface area (Å²) in [5.41, 5.74) is 3.18. The van der Waals surface area contributed by atoms with E-state index in [1.807, 2.05) is 12.1 Å². The molecule has 1 aliphatic rings. The number of aromatic nitrogens is 4. The summed E-state index contributed by atoms with van der Waals surface area (Å²) in [4.78, 5) is 20.8. The summed E-state index contributed by atoms with van der Waals surface area (Å²) in [5, 5.41) is 3.19.